The maximum absolute atomic E-state index is 9.06. The molecule has 0 amide bonds. The van der Waals surface area contributed by atoms with E-state index < -0.39 is 0 Å². The van der Waals surface area contributed by atoms with Crippen LogP contribution in [0.2, 0.25) is 0 Å². The molecule has 0 saturated heterocycles. The van der Waals surface area contributed by atoms with Gasteiger partial charge in [-0.05, 0) is 25.5 Å². The Morgan fingerprint density at radius 3 is 2.47 bits per heavy atom. The van der Waals surface area contributed by atoms with Crippen LogP contribution in [-0.4, -0.2) is 27.8 Å². The summed E-state index contributed by atoms with van der Waals surface area (Å²) >= 11 is 0. The monoisotopic (exact) mass is 262 g/mol. The number of rotatable bonds is 6. The SMILES string of the molecule is CCC(C#N)CN(C)c1ccc(OC)c(C)c1OC. The van der Waals surface area contributed by atoms with Crippen molar-refractivity contribution in [2.24, 2.45) is 5.92 Å². The standard InChI is InChI=1S/C15H22N2O2/c1-6-12(9-16)10-17(3)13-7-8-14(18-4)11(2)15(13)19-5/h7-8,12H,6,10H2,1-5H3. The zero-order valence-electron chi connectivity index (χ0n) is 12.4. The summed E-state index contributed by atoms with van der Waals surface area (Å²) < 4.78 is 10.8. The summed E-state index contributed by atoms with van der Waals surface area (Å²) in [6, 6.07) is 6.21. The van der Waals surface area contributed by atoms with Crippen LogP contribution in [0.15, 0.2) is 12.1 Å². The number of benzene rings is 1. The number of hydrogen-bond acceptors (Lipinski definition) is 4. The molecule has 1 unspecified atom stereocenters. The fraction of sp³-hybridized carbons (Fsp3) is 0.533. The second kappa shape index (κ2) is 6.89. The molecule has 4 nitrogen and oxygen atoms in total. The molecule has 1 aromatic carbocycles. The van der Waals surface area contributed by atoms with E-state index in [0.29, 0.717) is 6.54 Å². The molecule has 0 bridgehead atoms. The van der Waals surface area contributed by atoms with Gasteiger partial charge in [-0.3, -0.25) is 0 Å². The van der Waals surface area contributed by atoms with E-state index in [1.165, 1.54) is 0 Å². The maximum Gasteiger partial charge on any atom is 0.148 e. The van der Waals surface area contributed by atoms with Gasteiger partial charge in [0.25, 0.3) is 0 Å². The first kappa shape index (κ1) is 15.2. The summed E-state index contributed by atoms with van der Waals surface area (Å²) in [4.78, 5) is 2.06. The van der Waals surface area contributed by atoms with Gasteiger partial charge < -0.3 is 14.4 Å². The van der Waals surface area contributed by atoms with Gasteiger partial charge >= 0.3 is 0 Å². The molecule has 0 saturated carbocycles. The average Bonchev–Trinajstić information content (AvgIpc) is 2.43. The van der Waals surface area contributed by atoms with Gasteiger partial charge in [-0.25, -0.2) is 0 Å². The molecule has 0 aliphatic rings. The van der Waals surface area contributed by atoms with Crippen LogP contribution >= 0.6 is 0 Å². The molecule has 0 spiro atoms. The van der Waals surface area contributed by atoms with Gasteiger partial charge in [0.2, 0.25) is 0 Å². The minimum absolute atomic E-state index is 0.0251. The third-order valence-corrected chi connectivity index (χ3v) is 3.34. The third-order valence-electron chi connectivity index (χ3n) is 3.34. The summed E-state index contributed by atoms with van der Waals surface area (Å²) in [6.45, 7) is 4.68. The number of anilines is 1. The normalized spacial score (nSPS) is 11.6. The maximum atomic E-state index is 9.06. The first-order valence-corrected chi connectivity index (χ1v) is 6.41. The van der Waals surface area contributed by atoms with Gasteiger partial charge in [-0.15, -0.1) is 0 Å². The zero-order chi connectivity index (χ0) is 14.4. The lowest BCUT2D eigenvalue weighted by Crippen LogP contribution is -2.25. The Morgan fingerprint density at radius 2 is 2.00 bits per heavy atom. The van der Waals surface area contributed by atoms with Crippen molar-refractivity contribution in [2.75, 3.05) is 32.7 Å². The predicted octanol–water partition coefficient (Wildman–Crippen LogP) is 3.00. The van der Waals surface area contributed by atoms with Crippen LogP contribution in [0.25, 0.3) is 0 Å². The molecule has 0 radical (unpaired) electrons. The van der Waals surface area contributed by atoms with Crippen LogP contribution in [0.1, 0.15) is 18.9 Å². The van der Waals surface area contributed by atoms with Crippen LogP contribution in [0.5, 0.6) is 11.5 Å². The summed E-state index contributed by atoms with van der Waals surface area (Å²) in [6.07, 6.45) is 0.846. The quantitative estimate of drug-likeness (QED) is 0.790. The summed E-state index contributed by atoms with van der Waals surface area (Å²) in [7, 11) is 5.28. The second-order valence-electron chi connectivity index (χ2n) is 4.56. The van der Waals surface area contributed by atoms with Crippen LogP contribution in [0, 0.1) is 24.2 Å². The lowest BCUT2D eigenvalue weighted by atomic mass is 10.1. The van der Waals surface area contributed by atoms with Crippen molar-refractivity contribution in [2.45, 2.75) is 20.3 Å². The molecular formula is C15H22N2O2. The lowest BCUT2D eigenvalue weighted by Gasteiger charge is -2.25. The molecule has 0 aromatic heterocycles. The van der Waals surface area contributed by atoms with Crippen molar-refractivity contribution in [3.63, 3.8) is 0 Å². The van der Waals surface area contributed by atoms with Crippen LogP contribution in [0.4, 0.5) is 5.69 Å². The van der Waals surface area contributed by atoms with Crippen molar-refractivity contribution in [3.8, 4) is 17.6 Å². The fourth-order valence-electron chi connectivity index (χ4n) is 2.13. The van der Waals surface area contributed by atoms with E-state index in [4.69, 9.17) is 14.7 Å². The molecule has 0 heterocycles. The van der Waals surface area contributed by atoms with Crippen molar-refractivity contribution < 1.29 is 9.47 Å². The molecule has 1 aromatic rings. The Balaban J connectivity index is 3.07. The summed E-state index contributed by atoms with van der Waals surface area (Å²) in [5, 5.41) is 9.06. The molecule has 1 rings (SSSR count). The number of methoxy groups -OCH3 is 2. The van der Waals surface area contributed by atoms with Gasteiger partial charge in [0, 0.05) is 19.2 Å². The number of nitrogens with zero attached hydrogens (tertiary/aromatic N) is 2. The largest absolute Gasteiger partial charge is 0.496 e. The van der Waals surface area contributed by atoms with E-state index >= 15 is 0 Å². The average molecular weight is 262 g/mol. The highest BCUT2D eigenvalue weighted by atomic mass is 16.5. The van der Waals surface area contributed by atoms with E-state index in [1.807, 2.05) is 33.0 Å². The molecular weight excluding hydrogens is 240 g/mol. The Hall–Kier alpha value is -1.89. The molecule has 0 aliphatic heterocycles. The summed E-state index contributed by atoms with van der Waals surface area (Å²) in [5.41, 5.74) is 1.95. The highest BCUT2D eigenvalue weighted by Gasteiger charge is 2.16. The molecule has 1 atom stereocenters. The number of nitriles is 1. The fourth-order valence-corrected chi connectivity index (χ4v) is 2.13. The van der Waals surface area contributed by atoms with E-state index in [2.05, 4.69) is 11.0 Å². The molecule has 104 valence electrons. The van der Waals surface area contributed by atoms with E-state index in [-0.39, 0.29) is 5.92 Å². The first-order valence-electron chi connectivity index (χ1n) is 6.41. The molecule has 0 fully saturated rings. The van der Waals surface area contributed by atoms with Gasteiger partial charge in [-0.1, -0.05) is 6.92 Å². The van der Waals surface area contributed by atoms with Crippen molar-refractivity contribution in [3.05, 3.63) is 17.7 Å². The van der Waals surface area contributed by atoms with E-state index in [0.717, 1.165) is 29.2 Å². The van der Waals surface area contributed by atoms with Crippen LogP contribution in [-0.2, 0) is 0 Å². The van der Waals surface area contributed by atoms with Gasteiger partial charge in [0.05, 0.1) is 31.9 Å². The van der Waals surface area contributed by atoms with Crippen LogP contribution in [0.3, 0.4) is 0 Å². The topological polar surface area (TPSA) is 45.5 Å². The Morgan fingerprint density at radius 1 is 1.32 bits per heavy atom. The van der Waals surface area contributed by atoms with Gasteiger partial charge in [0.1, 0.15) is 11.5 Å². The Bertz CT molecular complexity index is 466. The first-order chi connectivity index (χ1) is 9.08. The molecule has 0 aliphatic carbocycles. The zero-order valence-corrected chi connectivity index (χ0v) is 12.4. The summed E-state index contributed by atoms with van der Waals surface area (Å²) in [5.74, 6) is 1.63. The van der Waals surface area contributed by atoms with Crippen molar-refractivity contribution >= 4 is 5.69 Å². The number of hydrogen-bond donors (Lipinski definition) is 0. The highest BCUT2D eigenvalue weighted by molar-refractivity contribution is 5.65. The van der Waals surface area contributed by atoms with Crippen molar-refractivity contribution in [1.29, 1.82) is 5.26 Å². The smallest absolute Gasteiger partial charge is 0.148 e. The molecule has 19 heavy (non-hydrogen) atoms. The highest BCUT2D eigenvalue weighted by Crippen LogP contribution is 2.37. The van der Waals surface area contributed by atoms with Crippen molar-refractivity contribution in [1.82, 2.24) is 0 Å². The van der Waals surface area contributed by atoms with Gasteiger partial charge in [0.15, 0.2) is 0 Å². The van der Waals surface area contributed by atoms with E-state index in [1.54, 1.807) is 14.2 Å². The third kappa shape index (κ3) is 3.31. The van der Waals surface area contributed by atoms with E-state index in [9.17, 15) is 0 Å². The Labute approximate surface area is 115 Å². The van der Waals surface area contributed by atoms with Crippen LogP contribution < -0.4 is 14.4 Å². The molecule has 4 heteroatoms. The number of ether oxygens (including phenoxy) is 2. The minimum Gasteiger partial charge on any atom is -0.496 e. The molecule has 0 N–H and O–H groups in total. The second-order valence-corrected chi connectivity index (χ2v) is 4.56. The van der Waals surface area contributed by atoms with Gasteiger partial charge in [-0.2, -0.15) is 5.26 Å². The Kier molecular flexibility index (Phi) is 5.50. The predicted molar refractivity (Wildman–Crippen MR) is 76.9 cm³/mol. The minimum atomic E-state index is 0.0251. The lowest BCUT2D eigenvalue weighted by molar-refractivity contribution is 0.388.